The number of nitrogens with two attached hydrogens (primary N) is 1. The van der Waals surface area contributed by atoms with Crippen molar-refractivity contribution in [1.29, 1.82) is 0 Å². The lowest BCUT2D eigenvalue weighted by Gasteiger charge is -2.34. The molecule has 0 aliphatic carbocycles. The van der Waals surface area contributed by atoms with Crippen molar-refractivity contribution < 1.29 is 9.84 Å². The fourth-order valence-electron chi connectivity index (χ4n) is 2.09. The van der Waals surface area contributed by atoms with E-state index in [1.165, 1.54) is 0 Å². The normalized spacial score (nSPS) is 18.8. The first-order valence-electron chi connectivity index (χ1n) is 5.58. The Bertz CT molecular complexity index is 405. The monoisotopic (exact) mass is 252 g/mol. The maximum Gasteiger partial charge on any atom is 0.115 e. The molecule has 2 rings (SSSR count). The highest BCUT2D eigenvalue weighted by molar-refractivity contribution is 7.80. The number of rotatable bonds is 3. The van der Waals surface area contributed by atoms with Crippen LogP contribution in [0.1, 0.15) is 11.6 Å². The molecule has 0 spiro atoms. The molecular formula is C12H16N2O2S. The van der Waals surface area contributed by atoms with Gasteiger partial charge in [0.15, 0.2) is 0 Å². The SMILES string of the molecule is NC(=S)C(c1cccc(O)c1)N1CCOCC1. The predicted octanol–water partition coefficient (Wildman–Crippen LogP) is 1.05. The van der Waals surface area contributed by atoms with Crippen LogP contribution in [-0.2, 0) is 4.74 Å². The Morgan fingerprint density at radius 2 is 2.12 bits per heavy atom. The number of aromatic hydroxyl groups is 1. The second-order valence-corrected chi connectivity index (χ2v) is 4.52. The van der Waals surface area contributed by atoms with Crippen LogP contribution in [0.3, 0.4) is 0 Å². The quantitative estimate of drug-likeness (QED) is 0.788. The van der Waals surface area contributed by atoms with E-state index in [2.05, 4.69) is 4.90 Å². The van der Waals surface area contributed by atoms with Gasteiger partial charge in [-0.15, -0.1) is 0 Å². The van der Waals surface area contributed by atoms with E-state index in [0.29, 0.717) is 18.2 Å². The van der Waals surface area contributed by atoms with E-state index in [1.54, 1.807) is 18.2 Å². The minimum absolute atomic E-state index is 0.124. The van der Waals surface area contributed by atoms with Crippen LogP contribution in [0.5, 0.6) is 5.75 Å². The molecule has 5 heteroatoms. The summed E-state index contributed by atoms with van der Waals surface area (Å²) in [5.41, 5.74) is 6.75. The van der Waals surface area contributed by atoms with Gasteiger partial charge in [-0.25, -0.2) is 0 Å². The van der Waals surface area contributed by atoms with Gasteiger partial charge >= 0.3 is 0 Å². The third kappa shape index (κ3) is 2.94. The molecule has 1 heterocycles. The molecule has 4 nitrogen and oxygen atoms in total. The molecule has 1 aromatic carbocycles. The Hall–Kier alpha value is -1.17. The summed E-state index contributed by atoms with van der Waals surface area (Å²) < 4.78 is 5.31. The van der Waals surface area contributed by atoms with E-state index < -0.39 is 0 Å². The summed E-state index contributed by atoms with van der Waals surface area (Å²) in [6.45, 7) is 2.99. The van der Waals surface area contributed by atoms with Gasteiger partial charge in [0.1, 0.15) is 5.75 Å². The number of nitrogens with zero attached hydrogens (tertiary/aromatic N) is 1. The summed E-state index contributed by atoms with van der Waals surface area (Å²) in [6.07, 6.45) is 0. The topological polar surface area (TPSA) is 58.7 Å². The molecule has 0 amide bonds. The van der Waals surface area contributed by atoms with E-state index in [1.807, 2.05) is 6.07 Å². The highest BCUT2D eigenvalue weighted by Gasteiger charge is 2.24. The second-order valence-electron chi connectivity index (χ2n) is 4.05. The molecule has 0 saturated carbocycles. The first-order valence-corrected chi connectivity index (χ1v) is 5.99. The molecule has 1 aliphatic rings. The molecule has 17 heavy (non-hydrogen) atoms. The average Bonchev–Trinajstić information content (AvgIpc) is 2.30. The van der Waals surface area contributed by atoms with Gasteiger partial charge < -0.3 is 15.6 Å². The van der Waals surface area contributed by atoms with Crippen molar-refractivity contribution >= 4 is 17.2 Å². The van der Waals surface area contributed by atoms with Gasteiger partial charge in [-0.2, -0.15) is 0 Å². The van der Waals surface area contributed by atoms with E-state index in [-0.39, 0.29) is 11.8 Å². The Kier molecular flexibility index (Phi) is 3.93. The Morgan fingerprint density at radius 1 is 1.41 bits per heavy atom. The minimum atomic E-state index is -0.124. The largest absolute Gasteiger partial charge is 0.508 e. The van der Waals surface area contributed by atoms with Gasteiger partial charge in [0, 0.05) is 13.1 Å². The Morgan fingerprint density at radius 3 is 2.71 bits per heavy atom. The fraction of sp³-hybridized carbons (Fsp3) is 0.417. The van der Waals surface area contributed by atoms with Gasteiger partial charge in [-0.05, 0) is 17.7 Å². The first kappa shape index (κ1) is 12.3. The highest BCUT2D eigenvalue weighted by atomic mass is 32.1. The maximum absolute atomic E-state index is 9.51. The van der Waals surface area contributed by atoms with Crippen LogP contribution in [0.4, 0.5) is 0 Å². The molecule has 1 atom stereocenters. The zero-order valence-corrected chi connectivity index (χ0v) is 10.3. The fourth-order valence-corrected chi connectivity index (χ4v) is 2.37. The van der Waals surface area contributed by atoms with Crippen LogP contribution in [0.15, 0.2) is 24.3 Å². The highest BCUT2D eigenvalue weighted by Crippen LogP contribution is 2.24. The van der Waals surface area contributed by atoms with Crippen LogP contribution < -0.4 is 5.73 Å². The van der Waals surface area contributed by atoms with Crippen LogP contribution in [-0.4, -0.2) is 41.3 Å². The number of phenols is 1. The van der Waals surface area contributed by atoms with Gasteiger partial charge in [-0.3, -0.25) is 4.90 Å². The van der Waals surface area contributed by atoms with Crippen LogP contribution in [0.25, 0.3) is 0 Å². The lowest BCUT2D eigenvalue weighted by molar-refractivity contribution is 0.0288. The summed E-state index contributed by atoms with van der Waals surface area (Å²) in [5.74, 6) is 0.233. The molecule has 1 saturated heterocycles. The molecule has 3 N–H and O–H groups in total. The summed E-state index contributed by atoms with van der Waals surface area (Å²) >= 11 is 5.14. The number of phenolic OH excluding ortho intramolecular Hbond substituents is 1. The van der Waals surface area contributed by atoms with Crippen molar-refractivity contribution in [3.8, 4) is 5.75 Å². The summed E-state index contributed by atoms with van der Waals surface area (Å²) in [5, 5.41) is 9.51. The third-order valence-electron chi connectivity index (χ3n) is 2.87. The van der Waals surface area contributed by atoms with Crippen molar-refractivity contribution in [3.05, 3.63) is 29.8 Å². The third-order valence-corrected chi connectivity index (χ3v) is 3.09. The number of thiocarbonyl (C=S) groups is 1. The van der Waals surface area contributed by atoms with Gasteiger partial charge in [0.2, 0.25) is 0 Å². The number of hydrogen-bond donors (Lipinski definition) is 2. The van der Waals surface area contributed by atoms with E-state index in [0.717, 1.165) is 18.7 Å². The van der Waals surface area contributed by atoms with Crippen LogP contribution in [0.2, 0.25) is 0 Å². The molecule has 1 aliphatic heterocycles. The Labute approximate surface area is 106 Å². The van der Waals surface area contributed by atoms with Crippen molar-refractivity contribution in [1.82, 2.24) is 4.90 Å². The molecule has 0 aromatic heterocycles. The predicted molar refractivity (Wildman–Crippen MR) is 70.0 cm³/mol. The van der Waals surface area contributed by atoms with E-state index in [9.17, 15) is 5.11 Å². The first-order chi connectivity index (χ1) is 8.18. The smallest absolute Gasteiger partial charge is 0.115 e. The molecule has 0 bridgehead atoms. The van der Waals surface area contributed by atoms with Gasteiger partial charge in [0.25, 0.3) is 0 Å². The number of benzene rings is 1. The standard InChI is InChI=1S/C12H16N2O2S/c13-12(17)11(14-4-6-16-7-5-14)9-2-1-3-10(15)8-9/h1-3,8,11,15H,4-7H2,(H2,13,17). The summed E-state index contributed by atoms with van der Waals surface area (Å²) in [7, 11) is 0. The van der Waals surface area contributed by atoms with Crippen molar-refractivity contribution in [3.63, 3.8) is 0 Å². The van der Waals surface area contributed by atoms with Crippen molar-refractivity contribution in [2.75, 3.05) is 26.3 Å². The van der Waals surface area contributed by atoms with Crippen LogP contribution in [0, 0.1) is 0 Å². The molecule has 1 aromatic rings. The lowest BCUT2D eigenvalue weighted by Crippen LogP contribution is -2.43. The summed E-state index contributed by atoms with van der Waals surface area (Å²) in [6, 6.07) is 6.95. The van der Waals surface area contributed by atoms with Crippen molar-refractivity contribution in [2.45, 2.75) is 6.04 Å². The minimum Gasteiger partial charge on any atom is -0.508 e. The van der Waals surface area contributed by atoms with E-state index >= 15 is 0 Å². The number of morpholine rings is 1. The zero-order valence-electron chi connectivity index (χ0n) is 9.50. The molecule has 1 unspecified atom stereocenters. The van der Waals surface area contributed by atoms with Gasteiger partial charge in [-0.1, -0.05) is 24.4 Å². The molecule has 1 fully saturated rings. The lowest BCUT2D eigenvalue weighted by atomic mass is 10.0. The number of hydrogen-bond acceptors (Lipinski definition) is 4. The Balaban J connectivity index is 2.25. The van der Waals surface area contributed by atoms with Gasteiger partial charge in [0.05, 0.1) is 24.2 Å². The average molecular weight is 252 g/mol. The zero-order chi connectivity index (χ0) is 12.3. The molecule has 0 radical (unpaired) electrons. The summed E-state index contributed by atoms with van der Waals surface area (Å²) in [4.78, 5) is 2.61. The molecular weight excluding hydrogens is 236 g/mol. The second kappa shape index (κ2) is 5.44. The maximum atomic E-state index is 9.51. The van der Waals surface area contributed by atoms with Crippen LogP contribution >= 0.6 is 12.2 Å². The van der Waals surface area contributed by atoms with E-state index in [4.69, 9.17) is 22.7 Å². The molecule has 92 valence electrons. The number of ether oxygens (including phenoxy) is 1. The van der Waals surface area contributed by atoms with Crippen molar-refractivity contribution in [2.24, 2.45) is 5.73 Å².